The molecule has 0 aromatic heterocycles. The molecule has 0 unspecified atom stereocenters. The molecule has 1 aliphatic rings. The van der Waals surface area contributed by atoms with Crippen molar-refractivity contribution in [2.75, 3.05) is 5.75 Å². The van der Waals surface area contributed by atoms with Crippen molar-refractivity contribution in [3.05, 3.63) is 34.1 Å². The van der Waals surface area contributed by atoms with E-state index in [2.05, 4.69) is 15.5 Å². The van der Waals surface area contributed by atoms with E-state index in [-0.39, 0.29) is 16.8 Å². The number of benzene rings is 1. The molecule has 1 N–H and O–H groups in total. The summed E-state index contributed by atoms with van der Waals surface area (Å²) in [6.45, 7) is 0. The first-order chi connectivity index (χ1) is 9.79. The van der Waals surface area contributed by atoms with Crippen molar-refractivity contribution in [2.45, 2.75) is 6.18 Å². The van der Waals surface area contributed by atoms with Crippen LogP contribution in [0.2, 0.25) is 5.02 Å². The number of rotatable bonds is 2. The first kappa shape index (κ1) is 15.8. The fourth-order valence-corrected chi connectivity index (χ4v) is 2.25. The van der Waals surface area contributed by atoms with Crippen LogP contribution in [0.3, 0.4) is 0 Å². The van der Waals surface area contributed by atoms with Crippen molar-refractivity contribution in [3.63, 3.8) is 0 Å². The zero-order chi connectivity index (χ0) is 15.6. The molecule has 1 aromatic carbocycles. The smallest absolute Gasteiger partial charge is 0.303 e. The maximum atomic E-state index is 13.7. The van der Waals surface area contributed by atoms with Gasteiger partial charge in [0.05, 0.1) is 22.6 Å². The van der Waals surface area contributed by atoms with Crippen LogP contribution in [0.25, 0.3) is 0 Å². The number of amides is 1. The van der Waals surface area contributed by atoms with Crippen molar-refractivity contribution in [3.8, 4) is 0 Å². The summed E-state index contributed by atoms with van der Waals surface area (Å²) in [6.07, 6.45) is -4.14. The van der Waals surface area contributed by atoms with E-state index in [0.29, 0.717) is 12.3 Å². The number of nitrogens with zero attached hydrogens (tertiary/aromatic N) is 2. The summed E-state index contributed by atoms with van der Waals surface area (Å²) in [6, 6.07) is 1.47. The Morgan fingerprint density at radius 3 is 2.67 bits per heavy atom. The van der Waals surface area contributed by atoms with Crippen molar-refractivity contribution in [1.82, 2.24) is 5.32 Å². The lowest BCUT2D eigenvalue weighted by Gasteiger charge is -2.11. The van der Waals surface area contributed by atoms with Gasteiger partial charge < -0.3 is 5.32 Å². The third-order valence-corrected chi connectivity index (χ3v) is 3.52. The first-order valence-corrected chi connectivity index (χ1v) is 6.74. The number of carbonyl (C=O) groups is 1. The van der Waals surface area contributed by atoms with Crippen LogP contribution in [0.1, 0.15) is 11.1 Å². The van der Waals surface area contributed by atoms with Gasteiger partial charge in [0.2, 0.25) is 5.91 Å². The monoisotopic (exact) mass is 339 g/mol. The fourth-order valence-electron chi connectivity index (χ4n) is 1.46. The molecule has 1 aromatic rings. The summed E-state index contributed by atoms with van der Waals surface area (Å²) in [5.41, 5.74) is -2.02. The van der Waals surface area contributed by atoms with Gasteiger partial charge in [-0.15, -0.1) is 5.10 Å². The maximum absolute atomic E-state index is 13.7. The molecule has 1 heterocycles. The third-order valence-electron chi connectivity index (χ3n) is 2.36. The summed E-state index contributed by atoms with van der Waals surface area (Å²) < 4.78 is 52.0. The molecule has 112 valence electrons. The predicted molar refractivity (Wildman–Crippen MR) is 72.0 cm³/mol. The molecule has 0 atom stereocenters. The number of nitrogens with one attached hydrogen (secondary N) is 1. The Morgan fingerprint density at radius 1 is 1.38 bits per heavy atom. The van der Waals surface area contributed by atoms with Gasteiger partial charge in [0.1, 0.15) is 0 Å². The van der Waals surface area contributed by atoms with Crippen LogP contribution >= 0.6 is 23.4 Å². The minimum Gasteiger partial charge on any atom is -0.303 e. The van der Waals surface area contributed by atoms with Crippen LogP contribution in [-0.2, 0) is 11.0 Å². The van der Waals surface area contributed by atoms with Gasteiger partial charge in [0.15, 0.2) is 11.0 Å². The molecule has 0 spiro atoms. The van der Waals surface area contributed by atoms with Gasteiger partial charge in [-0.3, -0.25) is 4.79 Å². The molecule has 0 bridgehead atoms. The maximum Gasteiger partial charge on any atom is 0.417 e. The van der Waals surface area contributed by atoms with Crippen molar-refractivity contribution in [2.24, 2.45) is 10.2 Å². The number of hydrogen-bond donors (Lipinski definition) is 1. The molecule has 0 saturated carbocycles. The highest BCUT2D eigenvalue weighted by molar-refractivity contribution is 8.15. The van der Waals surface area contributed by atoms with E-state index >= 15 is 0 Å². The van der Waals surface area contributed by atoms with Crippen LogP contribution in [0, 0.1) is 5.82 Å². The molecule has 0 radical (unpaired) electrons. The molecule has 21 heavy (non-hydrogen) atoms. The number of amidine groups is 1. The Morgan fingerprint density at radius 2 is 2.10 bits per heavy atom. The van der Waals surface area contributed by atoms with Crippen LogP contribution in [0.15, 0.2) is 22.3 Å². The molecule has 1 aliphatic heterocycles. The highest BCUT2D eigenvalue weighted by Gasteiger charge is 2.34. The minimum atomic E-state index is -4.75. The second-order valence-corrected chi connectivity index (χ2v) is 5.18. The van der Waals surface area contributed by atoms with E-state index in [9.17, 15) is 22.4 Å². The number of alkyl halides is 3. The van der Waals surface area contributed by atoms with Crippen LogP contribution in [0.5, 0.6) is 0 Å². The van der Waals surface area contributed by atoms with Gasteiger partial charge in [-0.1, -0.05) is 23.4 Å². The Hall–Kier alpha value is -1.61. The number of halogens is 5. The average molecular weight is 340 g/mol. The Kier molecular flexibility index (Phi) is 4.52. The number of carbonyl (C=O) groups excluding carboxylic acids is 1. The van der Waals surface area contributed by atoms with E-state index in [1.807, 2.05) is 0 Å². The predicted octanol–water partition coefficient (Wildman–Crippen LogP) is 3.05. The standard InChI is InChI=1S/C11H6ClF4N3OS/c12-7-2-1-6(11(14,15)16)5(9(7)13)3-17-19-10-18-8(20)4-21-10/h1-3H,4H2,(H,18,19,20). The Labute approximate surface area is 125 Å². The van der Waals surface area contributed by atoms with Gasteiger partial charge in [-0.2, -0.15) is 18.3 Å². The molecular weight excluding hydrogens is 334 g/mol. The van der Waals surface area contributed by atoms with Gasteiger partial charge >= 0.3 is 6.18 Å². The normalized spacial score (nSPS) is 17.8. The molecule has 4 nitrogen and oxygen atoms in total. The van der Waals surface area contributed by atoms with Crippen LogP contribution < -0.4 is 5.32 Å². The van der Waals surface area contributed by atoms with Crippen molar-refractivity contribution in [1.29, 1.82) is 0 Å². The number of thioether (sulfide) groups is 1. The molecule has 0 aliphatic carbocycles. The first-order valence-electron chi connectivity index (χ1n) is 5.38. The zero-order valence-corrected chi connectivity index (χ0v) is 11.6. The van der Waals surface area contributed by atoms with E-state index < -0.39 is 28.1 Å². The van der Waals surface area contributed by atoms with Crippen molar-refractivity contribution >= 4 is 40.7 Å². The average Bonchev–Trinajstić information content (AvgIpc) is 2.79. The molecule has 2 rings (SSSR count). The van der Waals surface area contributed by atoms with Gasteiger partial charge in [-0.05, 0) is 12.1 Å². The largest absolute Gasteiger partial charge is 0.417 e. The second kappa shape index (κ2) is 6.02. The Bertz CT molecular complexity index is 645. The third kappa shape index (κ3) is 3.73. The van der Waals surface area contributed by atoms with Crippen molar-refractivity contribution < 1.29 is 22.4 Å². The lowest BCUT2D eigenvalue weighted by molar-refractivity contribution is -0.137. The molecular formula is C11H6ClF4N3OS. The van der Waals surface area contributed by atoms with E-state index in [1.165, 1.54) is 0 Å². The summed E-state index contributed by atoms with van der Waals surface area (Å²) in [7, 11) is 0. The Balaban J connectivity index is 2.34. The highest BCUT2D eigenvalue weighted by Crippen LogP contribution is 2.34. The molecule has 1 saturated heterocycles. The van der Waals surface area contributed by atoms with Gasteiger partial charge in [0, 0.05) is 5.56 Å². The lowest BCUT2D eigenvalue weighted by Crippen LogP contribution is -2.19. The summed E-state index contributed by atoms with van der Waals surface area (Å²) >= 11 is 6.50. The quantitative estimate of drug-likeness (QED) is 0.511. The fraction of sp³-hybridized carbons (Fsp3) is 0.182. The summed E-state index contributed by atoms with van der Waals surface area (Å²) in [4.78, 5) is 10.9. The van der Waals surface area contributed by atoms with Crippen LogP contribution in [-0.4, -0.2) is 23.0 Å². The summed E-state index contributed by atoms with van der Waals surface area (Å²) in [5, 5.41) is 8.87. The second-order valence-electron chi connectivity index (χ2n) is 3.81. The van der Waals surface area contributed by atoms with E-state index in [1.54, 1.807) is 0 Å². The molecule has 1 fully saturated rings. The van der Waals surface area contributed by atoms with Gasteiger partial charge in [0.25, 0.3) is 0 Å². The van der Waals surface area contributed by atoms with Crippen LogP contribution in [0.4, 0.5) is 17.6 Å². The minimum absolute atomic E-state index is 0.132. The topological polar surface area (TPSA) is 53.8 Å². The van der Waals surface area contributed by atoms with Gasteiger partial charge in [-0.25, -0.2) is 4.39 Å². The zero-order valence-electron chi connectivity index (χ0n) is 10.0. The molecule has 1 amide bonds. The number of hydrogen-bond acceptors (Lipinski definition) is 4. The SMILES string of the molecule is O=C1CSC(=NN=Cc2c(C(F)(F)F)ccc(Cl)c2F)N1. The highest BCUT2D eigenvalue weighted by atomic mass is 35.5. The lowest BCUT2D eigenvalue weighted by atomic mass is 10.1. The van der Waals surface area contributed by atoms with E-state index in [4.69, 9.17) is 11.6 Å². The molecule has 10 heteroatoms. The summed E-state index contributed by atoms with van der Waals surface area (Å²) in [5.74, 6) is -1.38. The van der Waals surface area contributed by atoms with E-state index in [0.717, 1.165) is 17.8 Å².